The monoisotopic (exact) mass is 155 g/mol. The van der Waals surface area contributed by atoms with Crippen LogP contribution in [-0.4, -0.2) is 30.4 Å². The number of rotatable bonds is 3. The number of nitrogens with one attached hydrogen (secondary N) is 1. The maximum Gasteiger partial charge on any atom is 0.105 e. The van der Waals surface area contributed by atoms with Gasteiger partial charge in [0.2, 0.25) is 0 Å². The number of nitrogens with two attached hydrogens (primary N) is 1. The van der Waals surface area contributed by atoms with Crippen LogP contribution in [0.3, 0.4) is 0 Å². The topological polar surface area (TPSA) is 53.1 Å². The molecule has 0 aromatic carbocycles. The van der Waals surface area contributed by atoms with Crippen molar-refractivity contribution in [3.63, 3.8) is 0 Å². The first-order valence-electron chi connectivity index (χ1n) is 4.27. The zero-order valence-corrected chi connectivity index (χ0v) is 7.14. The van der Waals surface area contributed by atoms with Gasteiger partial charge >= 0.3 is 0 Å². The molecule has 64 valence electrons. The van der Waals surface area contributed by atoms with E-state index < -0.39 is 0 Å². The van der Waals surface area contributed by atoms with Gasteiger partial charge in [-0.05, 0) is 18.9 Å². The number of likely N-dealkylation sites (tertiary alicyclic amines) is 1. The summed E-state index contributed by atoms with van der Waals surface area (Å²) in [6.45, 7) is 5.15. The van der Waals surface area contributed by atoms with Crippen molar-refractivity contribution in [2.24, 2.45) is 11.7 Å². The average Bonchev–Trinajstić information content (AvgIpc) is 2.34. The first-order chi connectivity index (χ1) is 5.22. The molecule has 1 heterocycles. The van der Waals surface area contributed by atoms with E-state index in [1.165, 1.54) is 12.8 Å². The van der Waals surface area contributed by atoms with Crippen LogP contribution in [0.2, 0.25) is 0 Å². The van der Waals surface area contributed by atoms with Crippen molar-refractivity contribution in [3.8, 4) is 0 Å². The molecular formula is C8H17N3. The maximum atomic E-state index is 7.12. The highest BCUT2D eigenvalue weighted by Crippen LogP contribution is 2.17. The molecule has 0 spiro atoms. The van der Waals surface area contributed by atoms with E-state index in [1.807, 2.05) is 0 Å². The lowest BCUT2D eigenvalue weighted by Gasteiger charge is -2.13. The minimum absolute atomic E-state index is 0.293. The lowest BCUT2D eigenvalue weighted by molar-refractivity contribution is 0.365. The summed E-state index contributed by atoms with van der Waals surface area (Å²) in [5.74, 6) is 1.14. The number of amidine groups is 1. The van der Waals surface area contributed by atoms with Gasteiger partial charge in [-0.15, -0.1) is 0 Å². The van der Waals surface area contributed by atoms with Gasteiger partial charge < -0.3 is 5.73 Å². The third-order valence-electron chi connectivity index (χ3n) is 2.34. The minimum atomic E-state index is 0.293. The molecule has 3 heteroatoms. The molecule has 1 aliphatic heterocycles. The van der Waals surface area contributed by atoms with Crippen LogP contribution in [0.1, 0.15) is 19.8 Å². The maximum absolute atomic E-state index is 7.12. The van der Waals surface area contributed by atoms with Crippen LogP contribution < -0.4 is 5.73 Å². The second kappa shape index (κ2) is 3.72. The number of nitrogens with zero attached hydrogens (tertiary/aromatic N) is 1. The SMILES string of the molecule is CCC1CCN(CC(=N)N)C1. The van der Waals surface area contributed by atoms with Gasteiger partial charge in [-0.3, -0.25) is 10.3 Å². The fraction of sp³-hybridized carbons (Fsp3) is 0.875. The van der Waals surface area contributed by atoms with Gasteiger partial charge in [0.05, 0.1) is 6.54 Å². The summed E-state index contributed by atoms with van der Waals surface area (Å²) >= 11 is 0. The largest absolute Gasteiger partial charge is 0.387 e. The van der Waals surface area contributed by atoms with Gasteiger partial charge in [0, 0.05) is 6.54 Å². The van der Waals surface area contributed by atoms with Crippen molar-refractivity contribution < 1.29 is 0 Å². The molecule has 3 N–H and O–H groups in total. The summed E-state index contributed by atoms with van der Waals surface area (Å²) < 4.78 is 0. The van der Waals surface area contributed by atoms with Gasteiger partial charge in [-0.25, -0.2) is 0 Å². The minimum Gasteiger partial charge on any atom is -0.387 e. The van der Waals surface area contributed by atoms with E-state index in [4.69, 9.17) is 11.1 Å². The van der Waals surface area contributed by atoms with E-state index in [9.17, 15) is 0 Å². The van der Waals surface area contributed by atoms with Gasteiger partial charge in [0.25, 0.3) is 0 Å². The molecule has 0 bridgehead atoms. The Morgan fingerprint density at radius 3 is 2.91 bits per heavy atom. The zero-order chi connectivity index (χ0) is 8.27. The van der Waals surface area contributed by atoms with Gasteiger partial charge in [-0.1, -0.05) is 13.3 Å². The van der Waals surface area contributed by atoms with E-state index in [0.717, 1.165) is 19.0 Å². The van der Waals surface area contributed by atoms with Crippen molar-refractivity contribution in [1.82, 2.24) is 4.90 Å². The van der Waals surface area contributed by atoms with Crippen LogP contribution in [0.25, 0.3) is 0 Å². The van der Waals surface area contributed by atoms with Crippen molar-refractivity contribution in [1.29, 1.82) is 5.41 Å². The molecule has 0 amide bonds. The van der Waals surface area contributed by atoms with E-state index in [-0.39, 0.29) is 0 Å². The predicted octanol–water partition coefficient (Wildman–Crippen LogP) is 0.654. The van der Waals surface area contributed by atoms with Crippen molar-refractivity contribution in [3.05, 3.63) is 0 Å². The lowest BCUT2D eigenvalue weighted by Crippen LogP contribution is -2.31. The summed E-state index contributed by atoms with van der Waals surface area (Å²) in [7, 11) is 0. The molecular weight excluding hydrogens is 138 g/mol. The highest BCUT2D eigenvalue weighted by Gasteiger charge is 2.20. The molecule has 1 rings (SSSR count). The van der Waals surface area contributed by atoms with Crippen molar-refractivity contribution in [2.75, 3.05) is 19.6 Å². The molecule has 3 nitrogen and oxygen atoms in total. The quantitative estimate of drug-likeness (QED) is 0.464. The van der Waals surface area contributed by atoms with Crippen LogP contribution >= 0.6 is 0 Å². The highest BCUT2D eigenvalue weighted by molar-refractivity contribution is 5.78. The average molecular weight is 155 g/mol. The second-order valence-corrected chi connectivity index (χ2v) is 3.32. The molecule has 1 unspecified atom stereocenters. The third kappa shape index (κ3) is 2.50. The summed E-state index contributed by atoms with van der Waals surface area (Å²) in [4.78, 5) is 2.26. The molecule has 0 aromatic heterocycles. The molecule has 0 aromatic rings. The van der Waals surface area contributed by atoms with Crippen LogP contribution in [0.4, 0.5) is 0 Å². The predicted molar refractivity (Wildman–Crippen MR) is 46.8 cm³/mol. The van der Waals surface area contributed by atoms with E-state index in [2.05, 4.69) is 11.8 Å². The van der Waals surface area contributed by atoms with Crippen LogP contribution in [-0.2, 0) is 0 Å². The molecule has 1 atom stereocenters. The van der Waals surface area contributed by atoms with Crippen LogP contribution in [0, 0.1) is 11.3 Å². The standard InChI is InChI=1S/C8H17N3/c1-2-7-3-4-11(5-7)6-8(9)10/h7H,2-6H2,1H3,(H3,9,10). The Morgan fingerprint density at radius 1 is 1.73 bits per heavy atom. The Hall–Kier alpha value is -0.570. The van der Waals surface area contributed by atoms with Gasteiger partial charge in [0.15, 0.2) is 0 Å². The zero-order valence-electron chi connectivity index (χ0n) is 7.14. The Labute approximate surface area is 68.1 Å². The Kier molecular flexibility index (Phi) is 2.88. The van der Waals surface area contributed by atoms with Crippen molar-refractivity contribution >= 4 is 5.84 Å². The third-order valence-corrected chi connectivity index (χ3v) is 2.34. The first kappa shape index (κ1) is 8.53. The summed E-state index contributed by atoms with van der Waals surface area (Å²) in [6, 6.07) is 0. The number of hydrogen-bond acceptors (Lipinski definition) is 2. The fourth-order valence-electron chi connectivity index (χ4n) is 1.63. The Balaban J connectivity index is 2.24. The smallest absolute Gasteiger partial charge is 0.105 e. The highest BCUT2D eigenvalue weighted by atomic mass is 15.2. The summed E-state index contributed by atoms with van der Waals surface area (Å²) in [5.41, 5.74) is 5.30. The summed E-state index contributed by atoms with van der Waals surface area (Å²) in [6.07, 6.45) is 2.54. The molecule has 0 saturated carbocycles. The lowest BCUT2D eigenvalue weighted by atomic mass is 10.1. The van der Waals surface area contributed by atoms with Crippen LogP contribution in [0.5, 0.6) is 0 Å². The van der Waals surface area contributed by atoms with E-state index >= 15 is 0 Å². The molecule has 0 aliphatic carbocycles. The van der Waals surface area contributed by atoms with E-state index in [1.54, 1.807) is 0 Å². The normalized spacial score (nSPS) is 25.7. The van der Waals surface area contributed by atoms with Crippen molar-refractivity contribution in [2.45, 2.75) is 19.8 Å². The second-order valence-electron chi connectivity index (χ2n) is 3.32. The van der Waals surface area contributed by atoms with Gasteiger partial charge in [0.1, 0.15) is 5.84 Å². The Morgan fingerprint density at radius 2 is 2.45 bits per heavy atom. The molecule has 0 radical (unpaired) electrons. The van der Waals surface area contributed by atoms with Crippen LogP contribution in [0.15, 0.2) is 0 Å². The summed E-state index contributed by atoms with van der Waals surface area (Å²) in [5, 5.41) is 7.12. The first-order valence-corrected chi connectivity index (χ1v) is 4.27. The van der Waals surface area contributed by atoms with E-state index in [0.29, 0.717) is 12.4 Å². The fourth-order valence-corrected chi connectivity index (χ4v) is 1.63. The number of hydrogen-bond donors (Lipinski definition) is 2. The van der Waals surface area contributed by atoms with Gasteiger partial charge in [-0.2, -0.15) is 0 Å². The molecule has 11 heavy (non-hydrogen) atoms. The molecule has 1 aliphatic rings. The Bertz CT molecular complexity index is 144. The molecule has 1 saturated heterocycles. The molecule has 1 fully saturated rings.